The number of ether oxygens (including phenoxy) is 1. The van der Waals surface area contributed by atoms with Crippen LogP contribution in [0.5, 0.6) is 0 Å². The highest BCUT2D eigenvalue weighted by Gasteiger charge is 2.18. The molecule has 17 heavy (non-hydrogen) atoms. The van der Waals surface area contributed by atoms with Crippen LogP contribution in [0.25, 0.3) is 0 Å². The lowest BCUT2D eigenvalue weighted by Crippen LogP contribution is -2.31. The standard InChI is InChI=1S/C11H18N4O2/c1-15(6-8-2-4-17-5-3-8)10-9(12)11(16)14-7-13-10/h7-8H,2-6,12H2,1H3,(H,13,14,16). The number of anilines is 2. The van der Waals surface area contributed by atoms with E-state index in [0.29, 0.717) is 11.7 Å². The normalized spacial score (nSPS) is 17.0. The average Bonchev–Trinajstić information content (AvgIpc) is 2.34. The van der Waals surface area contributed by atoms with Crippen molar-refractivity contribution in [1.82, 2.24) is 9.97 Å². The van der Waals surface area contributed by atoms with E-state index in [4.69, 9.17) is 10.5 Å². The van der Waals surface area contributed by atoms with Gasteiger partial charge in [0.2, 0.25) is 0 Å². The van der Waals surface area contributed by atoms with E-state index in [2.05, 4.69) is 9.97 Å². The van der Waals surface area contributed by atoms with Crippen molar-refractivity contribution in [3.8, 4) is 0 Å². The van der Waals surface area contributed by atoms with Gasteiger partial charge in [0.1, 0.15) is 5.69 Å². The summed E-state index contributed by atoms with van der Waals surface area (Å²) in [6, 6.07) is 0. The highest BCUT2D eigenvalue weighted by molar-refractivity contribution is 5.60. The molecule has 0 saturated carbocycles. The Morgan fingerprint density at radius 2 is 2.29 bits per heavy atom. The van der Waals surface area contributed by atoms with Crippen molar-refractivity contribution in [2.24, 2.45) is 5.92 Å². The fourth-order valence-electron chi connectivity index (χ4n) is 2.11. The molecule has 2 rings (SSSR count). The molecule has 2 heterocycles. The van der Waals surface area contributed by atoms with Crippen molar-refractivity contribution in [3.63, 3.8) is 0 Å². The molecule has 0 aromatic carbocycles. The summed E-state index contributed by atoms with van der Waals surface area (Å²) < 4.78 is 5.32. The third-order valence-corrected chi connectivity index (χ3v) is 3.10. The van der Waals surface area contributed by atoms with Gasteiger partial charge in [0, 0.05) is 26.8 Å². The molecule has 0 radical (unpaired) electrons. The van der Waals surface area contributed by atoms with Gasteiger partial charge in [-0.1, -0.05) is 0 Å². The minimum absolute atomic E-state index is 0.182. The lowest BCUT2D eigenvalue weighted by molar-refractivity contribution is 0.0685. The fraction of sp³-hybridized carbons (Fsp3) is 0.636. The van der Waals surface area contributed by atoms with Crippen LogP contribution in [-0.2, 0) is 4.74 Å². The highest BCUT2D eigenvalue weighted by atomic mass is 16.5. The first-order chi connectivity index (χ1) is 8.18. The van der Waals surface area contributed by atoms with E-state index < -0.39 is 0 Å². The molecule has 1 aromatic rings. The maximum atomic E-state index is 11.4. The largest absolute Gasteiger partial charge is 0.391 e. The molecule has 94 valence electrons. The SMILES string of the molecule is CN(CC1CCOCC1)c1nc[nH]c(=O)c1N. The first-order valence-corrected chi connectivity index (χ1v) is 5.80. The van der Waals surface area contributed by atoms with Gasteiger partial charge in [-0.3, -0.25) is 4.79 Å². The molecule has 0 aliphatic carbocycles. The number of nitrogens with two attached hydrogens (primary N) is 1. The number of aromatic amines is 1. The quantitative estimate of drug-likeness (QED) is 0.786. The van der Waals surface area contributed by atoms with Gasteiger partial charge in [-0.2, -0.15) is 0 Å². The van der Waals surface area contributed by atoms with E-state index in [1.807, 2.05) is 11.9 Å². The second-order valence-electron chi connectivity index (χ2n) is 4.41. The first kappa shape index (κ1) is 11.9. The zero-order valence-corrected chi connectivity index (χ0v) is 9.98. The van der Waals surface area contributed by atoms with Crippen molar-refractivity contribution in [2.45, 2.75) is 12.8 Å². The molecule has 6 nitrogen and oxygen atoms in total. The van der Waals surface area contributed by atoms with Gasteiger partial charge in [-0.05, 0) is 18.8 Å². The van der Waals surface area contributed by atoms with Gasteiger partial charge >= 0.3 is 0 Å². The summed E-state index contributed by atoms with van der Waals surface area (Å²) in [7, 11) is 1.91. The van der Waals surface area contributed by atoms with E-state index in [1.54, 1.807) is 0 Å². The van der Waals surface area contributed by atoms with E-state index >= 15 is 0 Å². The molecule has 1 aromatic heterocycles. The Labute approximate surface area is 99.8 Å². The Kier molecular flexibility index (Phi) is 3.63. The molecule has 0 unspecified atom stereocenters. The Morgan fingerprint density at radius 1 is 1.59 bits per heavy atom. The van der Waals surface area contributed by atoms with E-state index in [0.717, 1.165) is 32.6 Å². The molecule has 1 fully saturated rings. The van der Waals surface area contributed by atoms with Crippen LogP contribution >= 0.6 is 0 Å². The number of hydrogen-bond acceptors (Lipinski definition) is 5. The number of nitrogen functional groups attached to an aromatic ring is 1. The van der Waals surface area contributed by atoms with Crippen molar-refractivity contribution in [1.29, 1.82) is 0 Å². The minimum Gasteiger partial charge on any atom is -0.391 e. The fourth-order valence-corrected chi connectivity index (χ4v) is 2.11. The summed E-state index contributed by atoms with van der Waals surface area (Å²) in [5.74, 6) is 1.13. The van der Waals surface area contributed by atoms with Crippen LogP contribution in [-0.4, -0.2) is 36.8 Å². The van der Waals surface area contributed by atoms with Gasteiger partial charge < -0.3 is 20.4 Å². The Balaban J connectivity index is 2.06. The number of nitrogens with one attached hydrogen (secondary N) is 1. The lowest BCUT2D eigenvalue weighted by atomic mass is 10.00. The first-order valence-electron chi connectivity index (χ1n) is 5.80. The van der Waals surface area contributed by atoms with Crippen LogP contribution < -0.4 is 16.2 Å². The van der Waals surface area contributed by atoms with Crippen LogP contribution in [0.15, 0.2) is 11.1 Å². The van der Waals surface area contributed by atoms with Gasteiger partial charge in [0.25, 0.3) is 5.56 Å². The topological polar surface area (TPSA) is 84.2 Å². The average molecular weight is 238 g/mol. The number of nitrogens with zero attached hydrogens (tertiary/aromatic N) is 2. The van der Waals surface area contributed by atoms with E-state index in [-0.39, 0.29) is 11.2 Å². The summed E-state index contributed by atoms with van der Waals surface area (Å²) in [5, 5.41) is 0. The lowest BCUT2D eigenvalue weighted by Gasteiger charge is -2.28. The summed E-state index contributed by atoms with van der Waals surface area (Å²) in [4.78, 5) is 19.9. The molecule has 0 bridgehead atoms. The van der Waals surface area contributed by atoms with Crippen molar-refractivity contribution in [2.75, 3.05) is 37.4 Å². The zero-order chi connectivity index (χ0) is 12.3. The molecule has 1 aliphatic rings. The van der Waals surface area contributed by atoms with Gasteiger partial charge in [0.05, 0.1) is 6.33 Å². The summed E-state index contributed by atoms with van der Waals surface area (Å²) >= 11 is 0. The third-order valence-electron chi connectivity index (χ3n) is 3.10. The summed E-state index contributed by atoms with van der Waals surface area (Å²) in [6.45, 7) is 2.48. The van der Waals surface area contributed by atoms with Crippen LogP contribution in [0, 0.1) is 5.92 Å². The summed E-state index contributed by atoms with van der Waals surface area (Å²) in [5.41, 5.74) is 5.61. The number of rotatable bonds is 3. The van der Waals surface area contributed by atoms with E-state index in [9.17, 15) is 4.79 Å². The maximum Gasteiger partial charge on any atom is 0.276 e. The molecule has 0 spiro atoms. The highest BCUT2D eigenvalue weighted by Crippen LogP contribution is 2.20. The van der Waals surface area contributed by atoms with Gasteiger partial charge in [-0.15, -0.1) is 0 Å². The molecule has 6 heteroatoms. The number of aromatic nitrogens is 2. The molecule has 3 N–H and O–H groups in total. The number of hydrogen-bond donors (Lipinski definition) is 2. The van der Waals surface area contributed by atoms with Crippen molar-refractivity contribution in [3.05, 3.63) is 16.7 Å². The predicted octanol–water partition coefficient (Wildman–Crippen LogP) is 0.215. The molecular weight excluding hydrogens is 220 g/mol. The second-order valence-corrected chi connectivity index (χ2v) is 4.41. The molecule has 0 atom stereocenters. The Hall–Kier alpha value is -1.56. The van der Waals surface area contributed by atoms with Gasteiger partial charge in [-0.25, -0.2) is 4.98 Å². The van der Waals surface area contributed by atoms with Crippen LogP contribution in [0.1, 0.15) is 12.8 Å². The monoisotopic (exact) mass is 238 g/mol. The van der Waals surface area contributed by atoms with Crippen LogP contribution in [0.4, 0.5) is 11.5 Å². The maximum absolute atomic E-state index is 11.4. The predicted molar refractivity (Wildman–Crippen MR) is 66.1 cm³/mol. The van der Waals surface area contributed by atoms with Crippen LogP contribution in [0.2, 0.25) is 0 Å². The summed E-state index contributed by atoms with van der Waals surface area (Å²) in [6.07, 6.45) is 3.48. The molecule has 1 aliphatic heterocycles. The van der Waals surface area contributed by atoms with Gasteiger partial charge in [0.15, 0.2) is 5.82 Å². The Morgan fingerprint density at radius 3 is 3.00 bits per heavy atom. The Bertz CT molecular complexity index is 426. The minimum atomic E-state index is -0.283. The number of H-pyrrole nitrogens is 1. The van der Waals surface area contributed by atoms with Crippen molar-refractivity contribution < 1.29 is 4.74 Å². The molecular formula is C11H18N4O2. The second kappa shape index (κ2) is 5.18. The third kappa shape index (κ3) is 2.76. The van der Waals surface area contributed by atoms with Crippen molar-refractivity contribution >= 4 is 11.5 Å². The smallest absolute Gasteiger partial charge is 0.276 e. The molecule has 0 amide bonds. The zero-order valence-electron chi connectivity index (χ0n) is 9.98. The molecule has 1 saturated heterocycles. The van der Waals surface area contributed by atoms with Crippen LogP contribution in [0.3, 0.4) is 0 Å². The van der Waals surface area contributed by atoms with E-state index in [1.165, 1.54) is 6.33 Å².